The Morgan fingerprint density at radius 2 is 2.04 bits per heavy atom. The highest BCUT2D eigenvalue weighted by molar-refractivity contribution is 7.09. The number of nitrogens with zero attached hydrogens (tertiary/aromatic N) is 1. The predicted molar refractivity (Wildman–Crippen MR) is 77.6 cm³/mol. The first-order valence-corrected chi connectivity index (χ1v) is 7.24. The van der Waals surface area contributed by atoms with Gasteiger partial charge in [-0.1, -0.05) is 12.1 Å². The lowest BCUT2D eigenvalue weighted by molar-refractivity contribution is -0.136. The summed E-state index contributed by atoms with van der Waals surface area (Å²) in [5, 5.41) is 12.3. The van der Waals surface area contributed by atoms with E-state index in [1.165, 1.54) is 11.4 Å². The summed E-state index contributed by atoms with van der Waals surface area (Å²) in [6, 6.07) is 6.19. The second kappa shape index (κ2) is 6.78. The van der Waals surface area contributed by atoms with Crippen LogP contribution < -0.4 is 5.32 Å². The fourth-order valence-electron chi connectivity index (χ4n) is 1.80. The van der Waals surface area contributed by atoms with Crippen LogP contribution in [0, 0.1) is 0 Å². The summed E-state index contributed by atoms with van der Waals surface area (Å²) >= 11 is 0.757. The van der Waals surface area contributed by atoms with Crippen LogP contribution in [0.3, 0.4) is 0 Å². The van der Waals surface area contributed by atoms with Gasteiger partial charge in [0.15, 0.2) is 0 Å². The second-order valence-corrected chi connectivity index (χ2v) is 5.59. The van der Waals surface area contributed by atoms with Crippen LogP contribution in [0.4, 0.5) is 18.9 Å². The predicted octanol–water partition coefficient (Wildman–Crippen LogP) is 3.13. The highest BCUT2D eigenvalue weighted by Gasteiger charge is 2.29. The Morgan fingerprint density at radius 3 is 2.70 bits per heavy atom. The molecule has 0 aliphatic heterocycles. The van der Waals surface area contributed by atoms with E-state index in [4.69, 9.17) is 5.11 Å². The van der Waals surface area contributed by atoms with Crippen LogP contribution in [0.25, 0.3) is 0 Å². The smallest absolute Gasteiger partial charge is 0.395 e. The van der Waals surface area contributed by atoms with E-state index < -0.39 is 24.5 Å². The van der Waals surface area contributed by atoms with E-state index in [0.29, 0.717) is 11.3 Å². The third-order valence-corrected chi connectivity index (χ3v) is 3.53. The summed E-state index contributed by atoms with van der Waals surface area (Å²) in [6.07, 6.45) is -5.76. The van der Waals surface area contributed by atoms with Crippen molar-refractivity contribution >= 4 is 28.9 Å². The van der Waals surface area contributed by atoms with Crippen molar-refractivity contribution in [3.05, 3.63) is 45.9 Å². The molecule has 1 aromatic heterocycles. The summed E-state index contributed by atoms with van der Waals surface area (Å²) in [4.78, 5) is 26.3. The number of carbonyl (C=O) groups is 2. The largest absolute Gasteiger partial charge is 0.481 e. The first-order valence-electron chi connectivity index (χ1n) is 6.36. The number of nitrogens with one attached hydrogen (secondary N) is 1. The minimum absolute atomic E-state index is 0.113. The minimum atomic E-state index is -4.38. The first-order chi connectivity index (χ1) is 10.7. The maximum atomic E-state index is 12.3. The highest BCUT2D eigenvalue weighted by Crippen LogP contribution is 2.23. The lowest BCUT2D eigenvalue weighted by Gasteiger charge is -2.05. The first kappa shape index (κ1) is 16.9. The lowest BCUT2D eigenvalue weighted by atomic mass is 10.1. The van der Waals surface area contributed by atoms with Gasteiger partial charge in [-0.15, -0.1) is 11.3 Å². The van der Waals surface area contributed by atoms with Gasteiger partial charge >= 0.3 is 12.1 Å². The Bertz CT molecular complexity index is 728. The van der Waals surface area contributed by atoms with Gasteiger partial charge in [-0.3, -0.25) is 9.59 Å². The summed E-state index contributed by atoms with van der Waals surface area (Å²) in [7, 11) is 0. The molecule has 1 heterocycles. The third-order valence-electron chi connectivity index (χ3n) is 2.68. The lowest BCUT2D eigenvalue weighted by Crippen LogP contribution is -2.14. The molecule has 0 aliphatic rings. The fraction of sp³-hybridized carbons (Fsp3) is 0.214. The molecule has 0 bridgehead atoms. The average Bonchev–Trinajstić information content (AvgIpc) is 2.84. The van der Waals surface area contributed by atoms with E-state index in [0.717, 1.165) is 11.3 Å². The normalized spacial score (nSPS) is 11.3. The molecule has 0 atom stereocenters. The van der Waals surface area contributed by atoms with Crippen LogP contribution in [0.2, 0.25) is 0 Å². The molecule has 0 saturated carbocycles. The average molecular weight is 344 g/mol. The van der Waals surface area contributed by atoms with Crippen molar-refractivity contribution in [1.82, 2.24) is 4.98 Å². The SMILES string of the molecule is O=C(O)Cc1cccc(NC(=O)c2csc(CC(F)(F)F)n2)c1. The molecule has 0 spiro atoms. The van der Waals surface area contributed by atoms with Crippen molar-refractivity contribution in [3.8, 4) is 0 Å². The van der Waals surface area contributed by atoms with Crippen LogP contribution in [0.15, 0.2) is 29.6 Å². The zero-order chi connectivity index (χ0) is 17.0. The van der Waals surface area contributed by atoms with E-state index >= 15 is 0 Å². The zero-order valence-corrected chi connectivity index (χ0v) is 12.4. The molecule has 0 saturated heterocycles. The van der Waals surface area contributed by atoms with E-state index in [2.05, 4.69) is 10.3 Å². The van der Waals surface area contributed by atoms with E-state index in [-0.39, 0.29) is 17.1 Å². The molecule has 2 N–H and O–H groups in total. The van der Waals surface area contributed by atoms with Crippen molar-refractivity contribution in [2.45, 2.75) is 19.0 Å². The number of aromatic nitrogens is 1. The maximum Gasteiger partial charge on any atom is 0.395 e. The number of hydrogen-bond acceptors (Lipinski definition) is 4. The Hall–Kier alpha value is -2.42. The maximum absolute atomic E-state index is 12.3. The van der Waals surface area contributed by atoms with Crippen molar-refractivity contribution in [2.24, 2.45) is 0 Å². The molecule has 1 amide bonds. The van der Waals surface area contributed by atoms with Gasteiger partial charge in [-0.2, -0.15) is 13.2 Å². The Labute approximate surface area is 132 Å². The van der Waals surface area contributed by atoms with E-state index in [9.17, 15) is 22.8 Å². The topological polar surface area (TPSA) is 79.3 Å². The molecule has 0 unspecified atom stereocenters. The van der Waals surface area contributed by atoms with Crippen LogP contribution in [-0.4, -0.2) is 28.1 Å². The standard InChI is InChI=1S/C14H11F3N2O3S/c15-14(16,17)6-11-19-10(7-23-11)13(22)18-9-3-1-2-8(4-9)5-12(20)21/h1-4,7H,5-6H2,(H,18,22)(H,20,21). The molecule has 122 valence electrons. The van der Waals surface area contributed by atoms with Crippen LogP contribution >= 0.6 is 11.3 Å². The van der Waals surface area contributed by atoms with E-state index in [1.807, 2.05) is 0 Å². The fourth-order valence-corrected chi connectivity index (χ4v) is 2.60. The quantitative estimate of drug-likeness (QED) is 0.873. The molecule has 9 heteroatoms. The second-order valence-electron chi connectivity index (χ2n) is 4.64. The number of aliphatic carboxylic acids is 1. The number of hydrogen-bond donors (Lipinski definition) is 2. The Balaban J connectivity index is 2.06. The van der Waals surface area contributed by atoms with Crippen LogP contribution in [0.1, 0.15) is 21.1 Å². The van der Waals surface area contributed by atoms with Crippen molar-refractivity contribution < 1.29 is 27.9 Å². The van der Waals surface area contributed by atoms with Gasteiger partial charge in [-0.25, -0.2) is 4.98 Å². The number of alkyl halides is 3. The van der Waals surface area contributed by atoms with Crippen LogP contribution in [0.5, 0.6) is 0 Å². The summed E-state index contributed by atoms with van der Waals surface area (Å²) < 4.78 is 36.8. The van der Waals surface area contributed by atoms with E-state index in [1.54, 1.807) is 18.2 Å². The third kappa shape index (κ3) is 5.37. The summed E-state index contributed by atoms with van der Waals surface area (Å²) in [5.41, 5.74) is 0.725. The molecular formula is C14H11F3N2O3S. The van der Waals surface area contributed by atoms with Crippen molar-refractivity contribution in [2.75, 3.05) is 5.32 Å². The number of anilines is 1. The van der Waals surface area contributed by atoms with Gasteiger partial charge in [0.25, 0.3) is 5.91 Å². The van der Waals surface area contributed by atoms with Gasteiger partial charge in [0, 0.05) is 11.1 Å². The van der Waals surface area contributed by atoms with Crippen molar-refractivity contribution in [1.29, 1.82) is 0 Å². The minimum Gasteiger partial charge on any atom is -0.481 e. The molecule has 23 heavy (non-hydrogen) atoms. The number of rotatable bonds is 5. The molecule has 0 radical (unpaired) electrons. The number of carboxylic acid groups (broad SMARTS) is 1. The van der Waals surface area contributed by atoms with Crippen LogP contribution in [-0.2, 0) is 17.6 Å². The van der Waals surface area contributed by atoms with Gasteiger partial charge in [0.2, 0.25) is 0 Å². The summed E-state index contributed by atoms with van der Waals surface area (Å²) in [5.74, 6) is -1.66. The number of thiazole rings is 1. The number of halogens is 3. The molecule has 5 nitrogen and oxygen atoms in total. The number of benzene rings is 1. The Morgan fingerprint density at radius 1 is 1.30 bits per heavy atom. The van der Waals surface area contributed by atoms with Gasteiger partial charge in [-0.05, 0) is 17.7 Å². The monoisotopic (exact) mass is 344 g/mol. The zero-order valence-electron chi connectivity index (χ0n) is 11.6. The molecule has 0 fully saturated rings. The van der Waals surface area contributed by atoms with Gasteiger partial charge in [0.05, 0.1) is 12.8 Å². The molecule has 1 aromatic carbocycles. The Kier molecular flexibility index (Phi) is 4.99. The van der Waals surface area contributed by atoms with Gasteiger partial charge < -0.3 is 10.4 Å². The molecule has 0 aliphatic carbocycles. The summed E-state index contributed by atoms with van der Waals surface area (Å²) in [6.45, 7) is 0. The molecular weight excluding hydrogens is 333 g/mol. The molecule has 2 aromatic rings. The number of amides is 1. The highest BCUT2D eigenvalue weighted by atomic mass is 32.1. The van der Waals surface area contributed by atoms with Gasteiger partial charge in [0.1, 0.15) is 10.7 Å². The number of carbonyl (C=O) groups excluding carboxylic acids is 1. The molecule has 2 rings (SSSR count). The number of carboxylic acids is 1. The van der Waals surface area contributed by atoms with Crippen molar-refractivity contribution in [3.63, 3.8) is 0 Å².